The number of aryl methyl sites for hydroxylation is 1. The van der Waals surface area contributed by atoms with E-state index in [1.54, 1.807) is 20.2 Å². The van der Waals surface area contributed by atoms with E-state index in [9.17, 15) is 9.59 Å². The number of carbonyl (C=O) groups is 1. The van der Waals surface area contributed by atoms with Gasteiger partial charge in [-0.25, -0.2) is 4.98 Å². The molecule has 0 fully saturated rings. The first kappa shape index (κ1) is 21.7. The highest BCUT2D eigenvalue weighted by molar-refractivity contribution is 5.92. The van der Waals surface area contributed by atoms with Gasteiger partial charge in [0, 0.05) is 44.0 Å². The van der Waals surface area contributed by atoms with E-state index in [0.717, 1.165) is 59.4 Å². The van der Waals surface area contributed by atoms with Crippen molar-refractivity contribution in [2.24, 2.45) is 0 Å². The number of pyridine rings is 3. The number of ether oxygens (including phenoxy) is 1. The number of carbonyl (C=O) groups excluding carboxylic acids is 1. The van der Waals surface area contributed by atoms with E-state index in [1.807, 2.05) is 31.3 Å². The summed E-state index contributed by atoms with van der Waals surface area (Å²) in [6, 6.07) is 7.49. The van der Waals surface area contributed by atoms with Crippen LogP contribution >= 0.6 is 0 Å². The number of rotatable bonds is 6. The van der Waals surface area contributed by atoms with Gasteiger partial charge in [-0.15, -0.1) is 0 Å². The van der Waals surface area contributed by atoms with Crippen LogP contribution in [0.5, 0.6) is 5.88 Å². The number of hydrogen-bond donors (Lipinski definition) is 2. The predicted octanol–water partition coefficient (Wildman–Crippen LogP) is 2.54. The van der Waals surface area contributed by atoms with Gasteiger partial charge >= 0.3 is 0 Å². The van der Waals surface area contributed by atoms with Gasteiger partial charge in [-0.05, 0) is 48.2 Å². The fourth-order valence-electron chi connectivity index (χ4n) is 3.97. The van der Waals surface area contributed by atoms with Crippen molar-refractivity contribution in [3.05, 3.63) is 69.3 Å². The molecule has 3 aromatic heterocycles. The second-order valence-electron chi connectivity index (χ2n) is 7.80. The van der Waals surface area contributed by atoms with Crippen LogP contribution in [0.3, 0.4) is 0 Å². The summed E-state index contributed by atoms with van der Waals surface area (Å²) in [6.07, 6.45) is 5.58. The van der Waals surface area contributed by atoms with Crippen LogP contribution in [0.15, 0.2) is 41.3 Å². The highest BCUT2D eigenvalue weighted by Crippen LogP contribution is 2.29. The summed E-state index contributed by atoms with van der Waals surface area (Å²) in [6.45, 7) is 4.36. The van der Waals surface area contributed by atoms with Crippen molar-refractivity contribution >= 4 is 22.5 Å². The zero-order valence-corrected chi connectivity index (χ0v) is 18.6. The van der Waals surface area contributed by atoms with Gasteiger partial charge in [0.25, 0.3) is 11.5 Å². The van der Waals surface area contributed by atoms with E-state index in [1.165, 1.54) is 0 Å². The number of methoxy groups -OCH3 is 1. The number of H-pyrrole nitrogens is 1. The number of nitrogens with zero attached hydrogens (tertiary/aromatic N) is 3. The van der Waals surface area contributed by atoms with E-state index in [0.29, 0.717) is 18.0 Å². The summed E-state index contributed by atoms with van der Waals surface area (Å²) < 4.78 is 5.44. The minimum atomic E-state index is -0.241. The van der Waals surface area contributed by atoms with E-state index >= 15 is 0 Å². The monoisotopic (exact) mass is 433 g/mol. The van der Waals surface area contributed by atoms with Crippen molar-refractivity contribution in [1.29, 1.82) is 0 Å². The summed E-state index contributed by atoms with van der Waals surface area (Å²) in [4.78, 5) is 38.1. The summed E-state index contributed by atoms with van der Waals surface area (Å²) in [5, 5.41) is 2.58. The maximum atomic E-state index is 12.1. The standard InChI is InChI=1S/C24H27N5O3/c1-4-16-12-20-21(27-22(16)30)11-15(13-26-20)14-29-9-7-17(8-10-29)18-5-6-19(23(31)25-2)28-24(18)32-3/h5-7,11-13H,4,8-10,14H2,1-3H3,(H,25,31)(H,27,30). The molecule has 0 saturated carbocycles. The van der Waals surface area contributed by atoms with E-state index in [4.69, 9.17) is 4.74 Å². The number of aromatic amines is 1. The molecular formula is C24H27N5O3. The Labute approximate surface area is 186 Å². The van der Waals surface area contributed by atoms with Crippen molar-refractivity contribution in [2.45, 2.75) is 26.3 Å². The quantitative estimate of drug-likeness (QED) is 0.620. The largest absolute Gasteiger partial charge is 0.481 e. The van der Waals surface area contributed by atoms with Crippen LogP contribution in [0.4, 0.5) is 0 Å². The summed E-state index contributed by atoms with van der Waals surface area (Å²) in [7, 11) is 3.14. The van der Waals surface area contributed by atoms with Crippen LogP contribution in [0, 0.1) is 0 Å². The van der Waals surface area contributed by atoms with Crippen molar-refractivity contribution in [3.8, 4) is 5.88 Å². The maximum Gasteiger partial charge on any atom is 0.269 e. The molecule has 1 aliphatic rings. The molecule has 32 heavy (non-hydrogen) atoms. The number of nitrogens with one attached hydrogen (secondary N) is 2. The zero-order valence-electron chi connectivity index (χ0n) is 18.6. The smallest absolute Gasteiger partial charge is 0.269 e. The van der Waals surface area contributed by atoms with Crippen LogP contribution in [-0.2, 0) is 13.0 Å². The lowest BCUT2D eigenvalue weighted by molar-refractivity contribution is 0.0957. The van der Waals surface area contributed by atoms with Crippen molar-refractivity contribution in [2.75, 3.05) is 27.2 Å². The van der Waals surface area contributed by atoms with Crippen LogP contribution in [0.1, 0.15) is 40.5 Å². The van der Waals surface area contributed by atoms with Crippen molar-refractivity contribution in [3.63, 3.8) is 0 Å². The third-order valence-electron chi connectivity index (χ3n) is 5.77. The third-order valence-corrected chi connectivity index (χ3v) is 5.77. The highest BCUT2D eigenvalue weighted by atomic mass is 16.5. The topological polar surface area (TPSA) is 100 Å². The maximum absolute atomic E-state index is 12.1. The Morgan fingerprint density at radius 1 is 1.31 bits per heavy atom. The molecule has 0 bridgehead atoms. The minimum absolute atomic E-state index is 0.0468. The Kier molecular flexibility index (Phi) is 6.32. The molecule has 4 heterocycles. The fraction of sp³-hybridized carbons (Fsp3) is 0.333. The van der Waals surface area contributed by atoms with Gasteiger partial charge in [0.1, 0.15) is 5.69 Å². The van der Waals surface area contributed by atoms with Gasteiger partial charge in [0.15, 0.2) is 0 Å². The number of aromatic nitrogens is 3. The summed E-state index contributed by atoms with van der Waals surface area (Å²) in [5.41, 5.74) is 5.74. The molecule has 1 amide bonds. The Balaban J connectivity index is 1.49. The van der Waals surface area contributed by atoms with Crippen molar-refractivity contribution in [1.82, 2.24) is 25.2 Å². The first-order valence-corrected chi connectivity index (χ1v) is 10.7. The second-order valence-corrected chi connectivity index (χ2v) is 7.80. The van der Waals surface area contributed by atoms with E-state index < -0.39 is 0 Å². The van der Waals surface area contributed by atoms with E-state index in [2.05, 4.69) is 31.2 Å². The third kappa shape index (κ3) is 4.40. The van der Waals surface area contributed by atoms with Gasteiger partial charge in [-0.2, -0.15) is 0 Å². The molecule has 4 rings (SSSR count). The van der Waals surface area contributed by atoms with Gasteiger partial charge < -0.3 is 15.0 Å². The molecule has 0 aliphatic carbocycles. The average Bonchev–Trinajstić information content (AvgIpc) is 2.83. The zero-order chi connectivity index (χ0) is 22.7. The number of fused-ring (bicyclic) bond motifs is 1. The summed E-state index contributed by atoms with van der Waals surface area (Å²) in [5.74, 6) is 0.217. The molecule has 8 nitrogen and oxygen atoms in total. The Morgan fingerprint density at radius 2 is 2.16 bits per heavy atom. The number of amides is 1. The van der Waals surface area contributed by atoms with Crippen LogP contribution in [0.25, 0.3) is 16.6 Å². The first-order chi connectivity index (χ1) is 15.5. The van der Waals surface area contributed by atoms with Crippen LogP contribution in [-0.4, -0.2) is 53.0 Å². The van der Waals surface area contributed by atoms with Gasteiger partial charge in [0.2, 0.25) is 5.88 Å². The first-order valence-electron chi connectivity index (χ1n) is 10.7. The lowest BCUT2D eigenvalue weighted by atomic mass is 9.99. The molecule has 0 atom stereocenters. The second kappa shape index (κ2) is 9.32. The molecule has 0 spiro atoms. The lowest BCUT2D eigenvalue weighted by Gasteiger charge is -2.27. The van der Waals surface area contributed by atoms with Crippen molar-refractivity contribution < 1.29 is 9.53 Å². The molecule has 1 aliphatic heterocycles. The summed E-state index contributed by atoms with van der Waals surface area (Å²) >= 11 is 0. The average molecular weight is 434 g/mol. The Morgan fingerprint density at radius 3 is 2.84 bits per heavy atom. The van der Waals surface area contributed by atoms with E-state index in [-0.39, 0.29) is 11.5 Å². The van der Waals surface area contributed by atoms with Gasteiger partial charge in [-0.1, -0.05) is 13.0 Å². The lowest BCUT2D eigenvalue weighted by Crippen LogP contribution is -2.28. The van der Waals surface area contributed by atoms with Gasteiger partial charge in [0.05, 0.1) is 18.1 Å². The van der Waals surface area contributed by atoms with Gasteiger partial charge in [-0.3, -0.25) is 19.5 Å². The highest BCUT2D eigenvalue weighted by Gasteiger charge is 2.18. The molecule has 0 unspecified atom stereocenters. The molecule has 0 saturated heterocycles. The Hall–Kier alpha value is -3.52. The molecule has 0 radical (unpaired) electrons. The van der Waals surface area contributed by atoms with Crippen LogP contribution in [0.2, 0.25) is 0 Å². The van der Waals surface area contributed by atoms with Crippen LogP contribution < -0.4 is 15.6 Å². The normalized spacial score (nSPS) is 14.3. The molecule has 3 aromatic rings. The Bertz CT molecular complexity index is 1250. The fourth-order valence-corrected chi connectivity index (χ4v) is 3.97. The number of hydrogen-bond acceptors (Lipinski definition) is 6. The molecule has 166 valence electrons. The SMILES string of the molecule is CCc1cc2ncc(CN3CC=C(c4ccc(C(=O)NC)nc4OC)CC3)cc2[nH]c1=O. The predicted molar refractivity (Wildman–Crippen MR) is 124 cm³/mol. The molecule has 8 heteroatoms. The minimum Gasteiger partial charge on any atom is -0.481 e. The molecule has 2 N–H and O–H groups in total. The molecular weight excluding hydrogens is 406 g/mol. The molecule has 0 aromatic carbocycles.